The Morgan fingerprint density at radius 2 is 1.73 bits per heavy atom. The molecule has 3 N–H and O–H groups in total. The molecule has 0 bridgehead atoms. The van der Waals surface area contributed by atoms with E-state index in [1.165, 1.54) is 22.6 Å². The molecule has 0 aromatic heterocycles. The SMILES string of the molecule is CC[NH+](CC)[C@H](CNC(=S)Nc1ccc([N+](=O)[O-])cc1)c1ccccc1. The monoisotopic (exact) mass is 373 g/mol. The fraction of sp³-hybridized carbons (Fsp3) is 0.316. The van der Waals surface area contributed by atoms with Gasteiger partial charge in [0.15, 0.2) is 5.11 Å². The van der Waals surface area contributed by atoms with Crippen molar-refractivity contribution in [1.29, 1.82) is 0 Å². The van der Waals surface area contributed by atoms with Gasteiger partial charge in [-0.25, -0.2) is 0 Å². The van der Waals surface area contributed by atoms with Crippen LogP contribution in [0, 0.1) is 10.1 Å². The minimum atomic E-state index is -0.419. The molecule has 26 heavy (non-hydrogen) atoms. The number of nitrogens with one attached hydrogen (secondary N) is 3. The van der Waals surface area contributed by atoms with Gasteiger partial charge in [-0.15, -0.1) is 0 Å². The van der Waals surface area contributed by atoms with Crippen LogP contribution in [0.1, 0.15) is 25.5 Å². The Labute approximate surface area is 159 Å². The Bertz CT molecular complexity index is 718. The van der Waals surface area contributed by atoms with Gasteiger partial charge in [-0.05, 0) is 38.2 Å². The van der Waals surface area contributed by atoms with Crippen molar-refractivity contribution in [2.75, 3.05) is 25.0 Å². The van der Waals surface area contributed by atoms with Gasteiger partial charge in [-0.3, -0.25) is 10.1 Å². The van der Waals surface area contributed by atoms with Crippen molar-refractivity contribution in [2.24, 2.45) is 0 Å². The van der Waals surface area contributed by atoms with Crippen LogP contribution in [-0.2, 0) is 0 Å². The Balaban J connectivity index is 1.99. The van der Waals surface area contributed by atoms with E-state index >= 15 is 0 Å². The molecule has 0 amide bonds. The molecule has 0 radical (unpaired) electrons. The summed E-state index contributed by atoms with van der Waals surface area (Å²) in [6.45, 7) is 7.13. The van der Waals surface area contributed by atoms with Gasteiger partial charge >= 0.3 is 0 Å². The number of non-ortho nitro benzene ring substituents is 1. The second-order valence-corrected chi connectivity index (χ2v) is 6.38. The molecule has 138 valence electrons. The van der Waals surface area contributed by atoms with Crippen LogP contribution < -0.4 is 15.5 Å². The van der Waals surface area contributed by atoms with Crippen LogP contribution in [0.3, 0.4) is 0 Å². The summed E-state index contributed by atoms with van der Waals surface area (Å²) in [5, 5.41) is 17.6. The van der Waals surface area contributed by atoms with Crippen LogP contribution in [0.5, 0.6) is 0 Å². The van der Waals surface area contributed by atoms with E-state index < -0.39 is 4.92 Å². The summed E-state index contributed by atoms with van der Waals surface area (Å²) in [5.74, 6) is 0. The van der Waals surface area contributed by atoms with E-state index in [9.17, 15) is 10.1 Å². The number of hydrogen-bond donors (Lipinski definition) is 3. The lowest BCUT2D eigenvalue weighted by Crippen LogP contribution is -3.12. The summed E-state index contributed by atoms with van der Waals surface area (Å²) in [4.78, 5) is 11.8. The number of nitrogens with zero attached hydrogens (tertiary/aromatic N) is 1. The van der Waals surface area contributed by atoms with Crippen molar-refractivity contribution in [2.45, 2.75) is 19.9 Å². The van der Waals surface area contributed by atoms with E-state index in [1.807, 2.05) is 6.07 Å². The molecule has 0 unspecified atom stereocenters. The number of quaternary nitrogens is 1. The number of hydrogen-bond acceptors (Lipinski definition) is 3. The first-order chi connectivity index (χ1) is 12.5. The van der Waals surface area contributed by atoms with E-state index in [0.717, 1.165) is 18.8 Å². The summed E-state index contributed by atoms with van der Waals surface area (Å²) in [7, 11) is 0. The van der Waals surface area contributed by atoms with Gasteiger partial charge in [-0.2, -0.15) is 0 Å². The van der Waals surface area contributed by atoms with Crippen molar-refractivity contribution < 1.29 is 9.82 Å². The number of anilines is 1. The normalized spacial score (nSPS) is 11.8. The third-order valence-electron chi connectivity index (χ3n) is 4.41. The molecule has 0 aliphatic heterocycles. The van der Waals surface area contributed by atoms with Crippen LogP contribution in [-0.4, -0.2) is 29.7 Å². The minimum absolute atomic E-state index is 0.0590. The van der Waals surface area contributed by atoms with Crippen molar-refractivity contribution in [3.63, 3.8) is 0 Å². The topological polar surface area (TPSA) is 71.6 Å². The molecular weight excluding hydrogens is 348 g/mol. The first-order valence-electron chi connectivity index (χ1n) is 8.74. The Kier molecular flexibility index (Phi) is 7.50. The van der Waals surface area contributed by atoms with Crippen LogP contribution in [0.4, 0.5) is 11.4 Å². The molecule has 6 nitrogen and oxygen atoms in total. The Morgan fingerprint density at radius 1 is 1.12 bits per heavy atom. The van der Waals surface area contributed by atoms with Gasteiger partial charge in [0.25, 0.3) is 5.69 Å². The minimum Gasteiger partial charge on any atom is -0.356 e. The molecule has 0 saturated heterocycles. The van der Waals surface area contributed by atoms with Crippen LogP contribution in [0.15, 0.2) is 54.6 Å². The number of likely N-dealkylation sites (N-methyl/N-ethyl adjacent to an activating group) is 1. The van der Waals surface area contributed by atoms with Gasteiger partial charge in [0, 0.05) is 23.4 Å². The number of rotatable bonds is 8. The fourth-order valence-electron chi connectivity index (χ4n) is 2.96. The Hall–Kier alpha value is -2.51. The summed E-state index contributed by atoms with van der Waals surface area (Å²) in [5.41, 5.74) is 2.06. The third-order valence-corrected chi connectivity index (χ3v) is 4.65. The second-order valence-electron chi connectivity index (χ2n) is 5.97. The highest BCUT2D eigenvalue weighted by Crippen LogP contribution is 2.15. The van der Waals surface area contributed by atoms with Crippen molar-refractivity contribution >= 4 is 28.7 Å². The zero-order chi connectivity index (χ0) is 18.9. The standard InChI is InChI=1S/C19H24N4O2S/c1-3-22(4-2)18(15-8-6-5-7-9-15)14-20-19(26)21-16-10-12-17(13-11-16)23(24)25/h5-13,18H,3-4,14H2,1-2H3,(H2,20,21,26)/p+1/t18-/m1/s1. The maximum Gasteiger partial charge on any atom is 0.269 e. The average Bonchev–Trinajstić information content (AvgIpc) is 2.66. The van der Waals surface area contributed by atoms with Crippen molar-refractivity contribution in [3.05, 3.63) is 70.3 Å². The summed E-state index contributed by atoms with van der Waals surface area (Å²) < 4.78 is 0. The van der Waals surface area contributed by atoms with Crippen LogP contribution >= 0.6 is 12.2 Å². The summed E-state index contributed by atoms with van der Waals surface area (Å²) in [6, 6.07) is 16.9. The first-order valence-corrected chi connectivity index (χ1v) is 9.14. The lowest BCUT2D eigenvalue weighted by molar-refractivity contribution is -0.927. The third kappa shape index (κ3) is 5.50. The highest BCUT2D eigenvalue weighted by molar-refractivity contribution is 7.80. The van der Waals surface area contributed by atoms with Crippen molar-refractivity contribution in [1.82, 2.24) is 5.32 Å². The van der Waals surface area contributed by atoms with Gasteiger partial charge < -0.3 is 15.5 Å². The largest absolute Gasteiger partial charge is 0.356 e. The Morgan fingerprint density at radius 3 is 2.27 bits per heavy atom. The van der Waals surface area contributed by atoms with E-state index in [1.54, 1.807) is 12.1 Å². The number of nitro benzene ring substituents is 1. The smallest absolute Gasteiger partial charge is 0.269 e. The van der Waals surface area contributed by atoms with E-state index in [4.69, 9.17) is 12.2 Å². The maximum absolute atomic E-state index is 10.7. The predicted octanol–water partition coefficient (Wildman–Crippen LogP) is 2.55. The molecule has 0 aliphatic carbocycles. The number of nitro groups is 1. The molecular formula is C19H25N4O2S+. The molecule has 2 rings (SSSR count). The van der Waals surface area contributed by atoms with Crippen molar-refractivity contribution in [3.8, 4) is 0 Å². The zero-order valence-corrected chi connectivity index (χ0v) is 15.9. The average molecular weight is 374 g/mol. The maximum atomic E-state index is 10.7. The molecule has 0 fully saturated rings. The van der Waals surface area contributed by atoms with Gasteiger partial charge in [0.05, 0.1) is 24.6 Å². The molecule has 0 spiro atoms. The van der Waals surface area contributed by atoms with Gasteiger partial charge in [0.1, 0.15) is 6.04 Å². The lowest BCUT2D eigenvalue weighted by Gasteiger charge is -2.27. The molecule has 2 aromatic rings. The van der Waals surface area contributed by atoms with Gasteiger partial charge in [0.2, 0.25) is 0 Å². The van der Waals surface area contributed by atoms with Crippen LogP contribution in [0.2, 0.25) is 0 Å². The first kappa shape index (κ1) is 19.8. The van der Waals surface area contributed by atoms with E-state index in [-0.39, 0.29) is 5.69 Å². The molecule has 0 heterocycles. The lowest BCUT2D eigenvalue weighted by atomic mass is 10.1. The molecule has 0 aliphatic rings. The molecule has 2 aromatic carbocycles. The second kappa shape index (κ2) is 9.84. The number of thiocarbonyl (C=S) groups is 1. The quantitative estimate of drug-likeness (QED) is 0.377. The highest BCUT2D eigenvalue weighted by atomic mass is 32.1. The summed E-state index contributed by atoms with van der Waals surface area (Å²) in [6.07, 6.45) is 0. The molecule has 1 atom stereocenters. The zero-order valence-electron chi connectivity index (χ0n) is 15.1. The van der Waals surface area contributed by atoms with E-state index in [2.05, 4.69) is 48.7 Å². The highest BCUT2D eigenvalue weighted by Gasteiger charge is 2.21. The predicted molar refractivity (Wildman–Crippen MR) is 109 cm³/mol. The van der Waals surface area contributed by atoms with E-state index in [0.29, 0.717) is 17.7 Å². The fourth-order valence-corrected chi connectivity index (χ4v) is 3.16. The molecule has 0 saturated carbocycles. The van der Waals surface area contributed by atoms with Gasteiger partial charge in [-0.1, -0.05) is 30.3 Å². The van der Waals surface area contributed by atoms with Crippen LogP contribution in [0.25, 0.3) is 0 Å². The molecule has 7 heteroatoms. The summed E-state index contributed by atoms with van der Waals surface area (Å²) >= 11 is 5.38. The number of benzene rings is 2.